The summed E-state index contributed by atoms with van der Waals surface area (Å²) >= 11 is 12.4. The van der Waals surface area contributed by atoms with Crippen LogP contribution in [0.5, 0.6) is 0 Å². The monoisotopic (exact) mass is 539 g/mol. The number of aromatic amines is 1. The summed E-state index contributed by atoms with van der Waals surface area (Å²) in [7, 11) is 0. The molecule has 4 aromatic rings. The standard InChI is InChI=1S/C30H32Cl2FN3O/c1-21(2)17-35(18-22-6-5-7-25(33)14-22)20-30(37)36(19-23-10-11-27(31)28(32)15-23)13-12-24-16-34-29-9-4-3-8-26(24)29/h3-11,14-16,21,34H,12-13,17-20H2,1-2H3. The molecule has 0 spiro atoms. The van der Waals surface area contributed by atoms with Crippen LogP contribution in [0, 0.1) is 11.7 Å². The quantitative estimate of drug-likeness (QED) is 0.216. The first kappa shape index (κ1) is 27.2. The zero-order valence-electron chi connectivity index (χ0n) is 21.2. The van der Waals surface area contributed by atoms with Gasteiger partial charge in [-0.25, -0.2) is 4.39 Å². The number of amides is 1. The largest absolute Gasteiger partial charge is 0.361 e. The van der Waals surface area contributed by atoms with Crippen molar-refractivity contribution in [2.45, 2.75) is 33.4 Å². The van der Waals surface area contributed by atoms with Crippen LogP contribution < -0.4 is 0 Å². The van der Waals surface area contributed by atoms with Crippen molar-refractivity contribution in [2.75, 3.05) is 19.6 Å². The smallest absolute Gasteiger partial charge is 0.237 e. The molecule has 1 heterocycles. The maximum absolute atomic E-state index is 13.8. The average molecular weight is 541 g/mol. The number of H-pyrrole nitrogens is 1. The van der Waals surface area contributed by atoms with Crippen molar-refractivity contribution in [3.63, 3.8) is 0 Å². The van der Waals surface area contributed by atoms with E-state index in [-0.39, 0.29) is 18.3 Å². The van der Waals surface area contributed by atoms with E-state index in [4.69, 9.17) is 23.2 Å². The highest BCUT2D eigenvalue weighted by molar-refractivity contribution is 6.42. The number of para-hydroxylation sites is 1. The maximum Gasteiger partial charge on any atom is 0.237 e. The molecule has 0 saturated carbocycles. The van der Waals surface area contributed by atoms with Crippen LogP contribution in [-0.2, 0) is 24.3 Å². The normalized spacial score (nSPS) is 11.5. The van der Waals surface area contributed by atoms with Gasteiger partial charge in [0.2, 0.25) is 5.91 Å². The van der Waals surface area contributed by atoms with Crippen LogP contribution in [0.2, 0.25) is 10.0 Å². The van der Waals surface area contributed by atoms with Gasteiger partial charge in [-0.15, -0.1) is 0 Å². The third kappa shape index (κ3) is 7.57. The summed E-state index contributed by atoms with van der Waals surface area (Å²) in [5.41, 5.74) is 4.02. The molecule has 37 heavy (non-hydrogen) atoms. The lowest BCUT2D eigenvalue weighted by Crippen LogP contribution is -2.42. The molecule has 0 unspecified atom stereocenters. The van der Waals surface area contributed by atoms with Gasteiger partial charge in [-0.3, -0.25) is 9.69 Å². The Balaban J connectivity index is 1.53. The number of hydrogen-bond acceptors (Lipinski definition) is 2. The lowest BCUT2D eigenvalue weighted by Gasteiger charge is -2.29. The summed E-state index contributed by atoms with van der Waals surface area (Å²) < 4.78 is 13.8. The lowest BCUT2D eigenvalue weighted by molar-refractivity contribution is -0.133. The van der Waals surface area contributed by atoms with Gasteiger partial charge < -0.3 is 9.88 Å². The molecule has 1 amide bonds. The fraction of sp³-hybridized carbons (Fsp3) is 0.300. The van der Waals surface area contributed by atoms with E-state index in [1.165, 1.54) is 17.7 Å². The highest BCUT2D eigenvalue weighted by Gasteiger charge is 2.20. The Kier molecular flexibility index (Phi) is 9.25. The highest BCUT2D eigenvalue weighted by Crippen LogP contribution is 2.24. The first-order valence-corrected chi connectivity index (χ1v) is 13.3. The van der Waals surface area contributed by atoms with Gasteiger partial charge in [0, 0.05) is 43.3 Å². The second kappa shape index (κ2) is 12.6. The number of nitrogens with one attached hydrogen (secondary N) is 1. The Bertz CT molecular complexity index is 1350. The van der Waals surface area contributed by atoms with Gasteiger partial charge in [0.05, 0.1) is 16.6 Å². The summed E-state index contributed by atoms with van der Waals surface area (Å²) in [5, 5.41) is 2.12. The van der Waals surface area contributed by atoms with Gasteiger partial charge >= 0.3 is 0 Å². The minimum Gasteiger partial charge on any atom is -0.361 e. The van der Waals surface area contributed by atoms with Gasteiger partial charge in [0.25, 0.3) is 0 Å². The van der Waals surface area contributed by atoms with E-state index in [1.807, 2.05) is 47.5 Å². The van der Waals surface area contributed by atoms with Gasteiger partial charge in [-0.1, -0.05) is 73.4 Å². The molecule has 194 valence electrons. The van der Waals surface area contributed by atoms with Gasteiger partial charge in [-0.05, 0) is 59.4 Å². The molecule has 1 aromatic heterocycles. The van der Waals surface area contributed by atoms with Crippen LogP contribution in [0.4, 0.5) is 4.39 Å². The van der Waals surface area contributed by atoms with Crippen molar-refractivity contribution in [3.05, 3.63) is 105 Å². The molecule has 4 rings (SSSR count). The van der Waals surface area contributed by atoms with Gasteiger partial charge in [0.15, 0.2) is 0 Å². The number of carbonyl (C=O) groups excluding carboxylic acids is 1. The van der Waals surface area contributed by atoms with Crippen molar-refractivity contribution in [3.8, 4) is 0 Å². The third-order valence-electron chi connectivity index (χ3n) is 6.31. The van der Waals surface area contributed by atoms with Gasteiger partial charge in [0.1, 0.15) is 5.82 Å². The van der Waals surface area contributed by atoms with E-state index >= 15 is 0 Å². The summed E-state index contributed by atoms with van der Waals surface area (Å²) in [6.45, 7) is 6.69. The second-order valence-corrected chi connectivity index (χ2v) is 10.7. The number of rotatable bonds is 11. The predicted molar refractivity (Wildman–Crippen MR) is 150 cm³/mol. The Hall–Kier alpha value is -2.86. The summed E-state index contributed by atoms with van der Waals surface area (Å²) in [6, 6.07) is 20.2. The molecule has 0 aliphatic carbocycles. The van der Waals surface area contributed by atoms with Crippen LogP contribution >= 0.6 is 23.2 Å². The van der Waals surface area contributed by atoms with Crippen LogP contribution in [-0.4, -0.2) is 40.3 Å². The van der Waals surface area contributed by atoms with Crippen molar-refractivity contribution in [1.29, 1.82) is 0 Å². The van der Waals surface area contributed by atoms with Gasteiger partial charge in [-0.2, -0.15) is 0 Å². The van der Waals surface area contributed by atoms with Crippen molar-refractivity contribution >= 4 is 40.0 Å². The molecule has 0 atom stereocenters. The van der Waals surface area contributed by atoms with E-state index in [0.29, 0.717) is 42.0 Å². The first-order chi connectivity index (χ1) is 17.8. The van der Waals surface area contributed by atoms with E-state index in [2.05, 4.69) is 29.8 Å². The molecule has 0 radical (unpaired) electrons. The molecule has 0 aliphatic heterocycles. The number of carbonyl (C=O) groups is 1. The number of fused-ring (bicyclic) bond motifs is 1. The number of hydrogen-bond donors (Lipinski definition) is 1. The van der Waals surface area contributed by atoms with E-state index in [1.54, 1.807) is 12.1 Å². The third-order valence-corrected chi connectivity index (χ3v) is 7.05. The van der Waals surface area contributed by atoms with E-state index in [0.717, 1.165) is 28.6 Å². The number of benzene rings is 3. The van der Waals surface area contributed by atoms with E-state index < -0.39 is 0 Å². The SMILES string of the molecule is CC(C)CN(CC(=O)N(CCc1c[nH]c2ccccc12)Cc1ccc(Cl)c(Cl)c1)Cc1cccc(F)c1. The van der Waals surface area contributed by atoms with Crippen LogP contribution in [0.1, 0.15) is 30.5 Å². The van der Waals surface area contributed by atoms with Crippen molar-refractivity contribution in [1.82, 2.24) is 14.8 Å². The Morgan fingerprint density at radius 3 is 2.49 bits per heavy atom. The molecule has 0 bridgehead atoms. The lowest BCUT2D eigenvalue weighted by atomic mass is 10.1. The highest BCUT2D eigenvalue weighted by atomic mass is 35.5. The zero-order valence-corrected chi connectivity index (χ0v) is 22.7. The molecule has 4 nitrogen and oxygen atoms in total. The fourth-order valence-electron chi connectivity index (χ4n) is 4.63. The summed E-state index contributed by atoms with van der Waals surface area (Å²) in [4.78, 5) is 21.0. The number of halogens is 3. The van der Waals surface area contributed by atoms with Crippen LogP contribution in [0.3, 0.4) is 0 Å². The first-order valence-electron chi connectivity index (χ1n) is 12.5. The predicted octanol–water partition coefficient (Wildman–Crippen LogP) is 7.34. The zero-order chi connectivity index (χ0) is 26.4. The summed E-state index contributed by atoms with van der Waals surface area (Å²) in [6.07, 6.45) is 2.73. The molecule has 3 aromatic carbocycles. The molecule has 0 aliphatic rings. The van der Waals surface area contributed by atoms with E-state index in [9.17, 15) is 9.18 Å². The molecule has 1 N–H and O–H groups in total. The molecule has 0 fully saturated rings. The Labute approximate surface area is 228 Å². The van der Waals surface area contributed by atoms with Crippen LogP contribution in [0.25, 0.3) is 10.9 Å². The minimum atomic E-state index is -0.270. The topological polar surface area (TPSA) is 39.3 Å². The minimum absolute atomic E-state index is 0.0166. The van der Waals surface area contributed by atoms with Crippen molar-refractivity contribution in [2.24, 2.45) is 5.92 Å². The van der Waals surface area contributed by atoms with Crippen molar-refractivity contribution < 1.29 is 9.18 Å². The molecule has 0 saturated heterocycles. The maximum atomic E-state index is 13.8. The fourth-order valence-corrected chi connectivity index (χ4v) is 4.95. The summed E-state index contributed by atoms with van der Waals surface area (Å²) in [5.74, 6) is 0.104. The molecular weight excluding hydrogens is 508 g/mol. The average Bonchev–Trinajstić information content (AvgIpc) is 3.26. The van der Waals surface area contributed by atoms with Crippen LogP contribution in [0.15, 0.2) is 72.9 Å². The Morgan fingerprint density at radius 1 is 0.946 bits per heavy atom. The molecule has 7 heteroatoms. The Morgan fingerprint density at radius 2 is 1.73 bits per heavy atom. The number of nitrogens with zero attached hydrogens (tertiary/aromatic N) is 2. The molecular formula is C30H32Cl2FN3O. The second-order valence-electron chi connectivity index (χ2n) is 9.87. The number of aromatic nitrogens is 1.